The zero-order valence-corrected chi connectivity index (χ0v) is 15.5. The third-order valence-corrected chi connectivity index (χ3v) is 5.27. The number of rotatable bonds is 4. The second-order valence-electron chi connectivity index (χ2n) is 6.46. The summed E-state index contributed by atoms with van der Waals surface area (Å²) in [7, 11) is 0. The number of thiazole rings is 1. The number of carbonyl (C=O) groups is 2. The Morgan fingerprint density at radius 3 is 2.81 bits per heavy atom. The fraction of sp³-hybridized carbons (Fsp3) is 0.200. The minimum Gasteiger partial charge on any atom is -0.438 e. The summed E-state index contributed by atoms with van der Waals surface area (Å²) in [4.78, 5) is 34.1. The van der Waals surface area contributed by atoms with Gasteiger partial charge in [-0.05, 0) is 36.6 Å². The van der Waals surface area contributed by atoms with Crippen LogP contribution in [0.2, 0.25) is 0 Å². The van der Waals surface area contributed by atoms with Crippen LogP contribution in [0.5, 0.6) is 11.6 Å². The number of carbonyl (C=O) groups excluding carboxylic acids is 2. The lowest BCUT2D eigenvalue weighted by atomic mass is 9.92. The van der Waals surface area contributed by atoms with Gasteiger partial charge in [0.2, 0.25) is 5.88 Å². The van der Waals surface area contributed by atoms with Crippen molar-refractivity contribution in [3.05, 3.63) is 64.8 Å². The van der Waals surface area contributed by atoms with Crippen LogP contribution in [0, 0.1) is 5.92 Å². The van der Waals surface area contributed by atoms with E-state index in [1.165, 1.54) is 11.3 Å². The van der Waals surface area contributed by atoms with Crippen molar-refractivity contribution in [2.75, 3.05) is 5.32 Å². The van der Waals surface area contributed by atoms with Gasteiger partial charge in [-0.25, -0.2) is 9.97 Å². The molecule has 27 heavy (non-hydrogen) atoms. The number of fused-ring (bicyclic) bond motifs is 1. The molecular weight excluding hydrogens is 362 g/mol. The van der Waals surface area contributed by atoms with Gasteiger partial charge in [-0.15, -0.1) is 0 Å². The fourth-order valence-electron chi connectivity index (χ4n) is 2.98. The molecule has 2 heterocycles. The number of anilines is 1. The van der Waals surface area contributed by atoms with Crippen LogP contribution in [0.15, 0.2) is 48.7 Å². The molecule has 3 aromatic rings. The molecule has 136 valence electrons. The molecule has 0 saturated heterocycles. The number of hydrogen-bond acceptors (Lipinski definition) is 6. The summed E-state index contributed by atoms with van der Waals surface area (Å²) in [5.74, 6) is 0.804. The van der Waals surface area contributed by atoms with Crippen LogP contribution in [0.1, 0.15) is 39.1 Å². The summed E-state index contributed by atoms with van der Waals surface area (Å²) in [6, 6.07) is 12.5. The standard InChI is InChI=1S/C20H17N3O3S/c1-12-10-15-17(16(24)11-12)27-20(22-15)23-18(25)14-8-5-9-21-19(14)26-13-6-3-2-4-7-13/h2-9,12H,10-11H2,1H3,(H,22,23,25)/t12-/m0/s1. The van der Waals surface area contributed by atoms with Crippen LogP contribution in [-0.2, 0) is 6.42 Å². The predicted molar refractivity (Wildman–Crippen MR) is 103 cm³/mol. The van der Waals surface area contributed by atoms with Gasteiger partial charge in [0.15, 0.2) is 10.9 Å². The van der Waals surface area contributed by atoms with E-state index in [4.69, 9.17) is 4.74 Å². The Hall–Kier alpha value is -3.06. The van der Waals surface area contributed by atoms with E-state index in [0.29, 0.717) is 27.7 Å². The number of Topliss-reactive ketones (excluding diaryl/α,β-unsaturated/α-hetero) is 1. The number of benzene rings is 1. The van der Waals surface area contributed by atoms with Crippen molar-refractivity contribution in [3.63, 3.8) is 0 Å². The number of pyridine rings is 1. The first-order chi connectivity index (χ1) is 13.1. The maximum atomic E-state index is 12.7. The van der Waals surface area contributed by atoms with Crippen LogP contribution in [-0.4, -0.2) is 21.7 Å². The second-order valence-corrected chi connectivity index (χ2v) is 7.46. The van der Waals surface area contributed by atoms with Crippen molar-refractivity contribution in [1.29, 1.82) is 0 Å². The Labute approximate surface area is 160 Å². The summed E-state index contributed by atoms with van der Waals surface area (Å²) in [6.45, 7) is 2.03. The van der Waals surface area contributed by atoms with E-state index in [1.807, 2.05) is 25.1 Å². The topological polar surface area (TPSA) is 81.2 Å². The molecule has 1 N–H and O–H groups in total. The van der Waals surface area contributed by atoms with Gasteiger partial charge >= 0.3 is 0 Å². The van der Waals surface area contributed by atoms with E-state index in [-0.39, 0.29) is 23.5 Å². The lowest BCUT2D eigenvalue weighted by molar-refractivity contribution is 0.0956. The molecule has 0 bridgehead atoms. The largest absolute Gasteiger partial charge is 0.438 e. The van der Waals surface area contributed by atoms with Gasteiger partial charge in [-0.2, -0.15) is 0 Å². The second kappa shape index (κ2) is 7.28. The van der Waals surface area contributed by atoms with Crippen LogP contribution in [0.3, 0.4) is 0 Å². The maximum absolute atomic E-state index is 12.7. The molecule has 7 heteroatoms. The summed E-state index contributed by atoms with van der Waals surface area (Å²) in [6.07, 6.45) is 2.85. The molecule has 1 amide bonds. The number of nitrogens with one attached hydrogen (secondary N) is 1. The number of nitrogens with zero attached hydrogens (tertiary/aromatic N) is 2. The Balaban J connectivity index is 1.56. The van der Waals surface area contributed by atoms with E-state index >= 15 is 0 Å². The molecular formula is C20H17N3O3S. The van der Waals surface area contributed by atoms with E-state index < -0.39 is 0 Å². The van der Waals surface area contributed by atoms with Gasteiger partial charge in [0.25, 0.3) is 5.91 Å². The first-order valence-corrected chi connectivity index (χ1v) is 9.44. The van der Waals surface area contributed by atoms with Gasteiger partial charge in [-0.1, -0.05) is 36.5 Å². The number of aromatic nitrogens is 2. The van der Waals surface area contributed by atoms with Crippen molar-refractivity contribution < 1.29 is 14.3 Å². The monoisotopic (exact) mass is 379 g/mol. The molecule has 1 aliphatic carbocycles. The summed E-state index contributed by atoms with van der Waals surface area (Å²) in [5, 5.41) is 3.19. The highest BCUT2D eigenvalue weighted by Gasteiger charge is 2.27. The zero-order valence-electron chi connectivity index (χ0n) is 14.6. The smallest absolute Gasteiger partial charge is 0.262 e. The van der Waals surface area contributed by atoms with E-state index in [0.717, 1.165) is 12.1 Å². The van der Waals surface area contributed by atoms with Crippen molar-refractivity contribution in [2.45, 2.75) is 19.8 Å². The summed E-state index contributed by atoms with van der Waals surface area (Å²) >= 11 is 1.22. The van der Waals surface area contributed by atoms with Gasteiger partial charge in [0.05, 0.1) is 10.6 Å². The van der Waals surface area contributed by atoms with E-state index in [9.17, 15) is 9.59 Å². The number of ketones is 1. The summed E-state index contributed by atoms with van der Waals surface area (Å²) < 4.78 is 5.74. The molecule has 0 fully saturated rings. The number of ether oxygens (including phenoxy) is 1. The Morgan fingerprint density at radius 2 is 2.00 bits per heavy atom. The van der Waals surface area contributed by atoms with Gasteiger partial charge in [0, 0.05) is 12.6 Å². The van der Waals surface area contributed by atoms with Gasteiger partial charge in [0.1, 0.15) is 11.3 Å². The third kappa shape index (κ3) is 3.73. The summed E-state index contributed by atoms with van der Waals surface area (Å²) in [5.41, 5.74) is 1.07. The Kier molecular flexibility index (Phi) is 4.68. The average Bonchev–Trinajstić information content (AvgIpc) is 3.05. The van der Waals surface area contributed by atoms with Crippen LogP contribution in [0.4, 0.5) is 5.13 Å². The normalized spacial score (nSPS) is 15.9. The Morgan fingerprint density at radius 1 is 1.19 bits per heavy atom. The molecule has 0 radical (unpaired) electrons. The van der Waals surface area contributed by atoms with Crippen LogP contribution >= 0.6 is 11.3 Å². The lowest BCUT2D eigenvalue weighted by Gasteiger charge is -2.14. The highest BCUT2D eigenvalue weighted by Crippen LogP contribution is 2.32. The minimum absolute atomic E-state index is 0.0937. The zero-order chi connectivity index (χ0) is 18.8. The maximum Gasteiger partial charge on any atom is 0.262 e. The first-order valence-electron chi connectivity index (χ1n) is 8.62. The minimum atomic E-state index is -0.374. The number of amides is 1. The van der Waals surface area contributed by atoms with Crippen LogP contribution in [0.25, 0.3) is 0 Å². The average molecular weight is 379 g/mol. The first kappa shape index (κ1) is 17.4. The van der Waals surface area contributed by atoms with Crippen molar-refractivity contribution >= 4 is 28.2 Å². The molecule has 0 spiro atoms. The van der Waals surface area contributed by atoms with Gasteiger partial charge < -0.3 is 4.74 Å². The third-order valence-electron chi connectivity index (χ3n) is 4.22. The Bertz CT molecular complexity index is 1000. The molecule has 0 saturated carbocycles. The number of para-hydroxylation sites is 1. The van der Waals surface area contributed by atoms with E-state index in [1.54, 1.807) is 30.5 Å². The van der Waals surface area contributed by atoms with E-state index in [2.05, 4.69) is 15.3 Å². The molecule has 1 atom stereocenters. The molecule has 6 nitrogen and oxygen atoms in total. The molecule has 0 aliphatic heterocycles. The van der Waals surface area contributed by atoms with Crippen molar-refractivity contribution in [2.24, 2.45) is 5.92 Å². The van der Waals surface area contributed by atoms with Crippen molar-refractivity contribution in [3.8, 4) is 11.6 Å². The number of hydrogen-bond donors (Lipinski definition) is 1. The SMILES string of the molecule is C[C@@H]1CC(=O)c2sc(NC(=O)c3cccnc3Oc3ccccc3)nc2C1. The molecule has 4 rings (SSSR count). The highest BCUT2D eigenvalue weighted by atomic mass is 32.1. The fourth-order valence-corrected chi connectivity index (χ4v) is 3.92. The van der Waals surface area contributed by atoms with Crippen LogP contribution < -0.4 is 10.1 Å². The van der Waals surface area contributed by atoms with Crippen molar-refractivity contribution in [1.82, 2.24) is 9.97 Å². The van der Waals surface area contributed by atoms with Gasteiger partial charge in [-0.3, -0.25) is 14.9 Å². The quantitative estimate of drug-likeness (QED) is 0.729. The molecule has 0 unspecified atom stereocenters. The lowest BCUT2D eigenvalue weighted by Crippen LogP contribution is -2.16. The molecule has 1 aromatic carbocycles. The predicted octanol–water partition coefficient (Wildman–Crippen LogP) is 4.35. The molecule has 2 aromatic heterocycles. The molecule has 1 aliphatic rings. The highest BCUT2D eigenvalue weighted by molar-refractivity contribution is 7.17.